The van der Waals surface area contributed by atoms with E-state index < -0.39 is 24.0 Å². The lowest BCUT2D eigenvalue weighted by Gasteiger charge is -2.20. The van der Waals surface area contributed by atoms with Crippen molar-refractivity contribution >= 4 is 11.8 Å². The van der Waals surface area contributed by atoms with E-state index >= 15 is 0 Å². The number of primary amides is 2. The van der Waals surface area contributed by atoms with E-state index in [1.165, 1.54) is 0 Å². The Morgan fingerprint density at radius 1 is 1.12 bits per heavy atom. The number of nitrogens with two attached hydrogens (primary N) is 2. The van der Waals surface area contributed by atoms with Gasteiger partial charge in [-0.1, -0.05) is 0 Å². The standard InChI is InChI=1S/C10H20N2O4/c1-3-15-9(16-4-2)6-7(10(12)14)5-8(11)13/h7,9H,3-6H2,1-2H3,(H2,11,13)(H2,12,14). The minimum absolute atomic E-state index is 0.0774. The molecule has 16 heavy (non-hydrogen) atoms. The molecule has 0 radical (unpaired) electrons. The largest absolute Gasteiger partial charge is 0.370 e. The first-order valence-corrected chi connectivity index (χ1v) is 5.32. The van der Waals surface area contributed by atoms with Gasteiger partial charge in [-0.15, -0.1) is 0 Å². The summed E-state index contributed by atoms with van der Waals surface area (Å²) in [6.45, 7) is 4.57. The van der Waals surface area contributed by atoms with Crippen molar-refractivity contribution in [2.75, 3.05) is 13.2 Å². The molecule has 0 saturated carbocycles. The quantitative estimate of drug-likeness (QED) is 0.535. The number of hydrogen-bond acceptors (Lipinski definition) is 4. The number of ether oxygens (including phenoxy) is 2. The predicted octanol–water partition coefficient (Wildman–Crippen LogP) is -0.247. The van der Waals surface area contributed by atoms with E-state index in [2.05, 4.69) is 0 Å². The normalized spacial score (nSPS) is 12.7. The van der Waals surface area contributed by atoms with E-state index in [0.717, 1.165) is 0 Å². The van der Waals surface area contributed by atoms with E-state index in [-0.39, 0.29) is 12.8 Å². The highest BCUT2D eigenvalue weighted by atomic mass is 16.7. The maximum absolute atomic E-state index is 11.1. The Kier molecular flexibility index (Phi) is 7.49. The molecule has 0 aliphatic carbocycles. The van der Waals surface area contributed by atoms with Crippen LogP contribution in [0.3, 0.4) is 0 Å². The molecule has 6 heteroatoms. The molecule has 0 fully saturated rings. The van der Waals surface area contributed by atoms with Crippen LogP contribution in [0, 0.1) is 5.92 Å². The Balaban J connectivity index is 4.31. The second kappa shape index (κ2) is 8.06. The van der Waals surface area contributed by atoms with Crippen LogP contribution in [-0.2, 0) is 19.1 Å². The van der Waals surface area contributed by atoms with Crippen LogP contribution in [0.15, 0.2) is 0 Å². The first-order chi connectivity index (χ1) is 7.51. The van der Waals surface area contributed by atoms with Gasteiger partial charge in [-0.25, -0.2) is 0 Å². The highest BCUT2D eigenvalue weighted by Crippen LogP contribution is 2.14. The first kappa shape index (κ1) is 14.9. The number of carbonyl (C=O) groups is 2. The molecule has 0 aromatic rings. The SMILES string of the molecule is CCOC(CC(CC(N)=O)C(N)=O)OCC. The summed E-state index contributed by atoms with van der Waals surface area (Å²) in [5.74, 6) is -1.76. The van der Waals surface area contributed by atoms with Crippen molar-refractivity contribution in [3.8, 4) is 0 Å². The molecule has 4 N–H and O–H groups in total. The third-order valence-corrected chi connectivity index (χ3v) is 2.03. The summed E-state index contributed by atoms with van der Waals surface area (Å²) in [5, 5.41) is 0. The smallest absolute Gasteiger partial charge is 0.221 e. The highest BCUT2D eigenvalue weighted by molar-refractivity contribution is 5.83. The Bertz CT molecular complexity index is 227. The number of hydrogen-bond donors (Lipinski definition) is 2. The predicted molar refractivity (Wildman–Crippen MR) is 58.2 cm³/mol. The van der Waals surface area contributed by atoms with Crippen LogP contribution in [-0.4, -0.2) is 31.3 Å². The second-order valence-corrected chi connectivity index (χ2v) is 3.35. The summed E-state index contributed by atoms with van der Waals surface area (Å²) in [7, 11) is 0. The summed E-state index contributed by atoms with van der Waals surface area (Å²) in [4.78, 5) is 21.8. The Hall–Kier alpha value is -1.14. The van der Waals surface area contributed by atoms with Crippen LogP contribution in [0.2, 0.25) is 0 Å². The van der Waals surface area contributed by atoms with Gasteiger partial charge in [0, 0.05) is 26.1 Å². The molecule has 0 saturated heterocycles. The van der Waals surface area contributed by atoms with E-state index in [1.807, 2.05) is 13.8 Å². The molecule has 0 heterocycles. The molecule has 2 amide bonds. The van der Waals surface area contributed by atoms with Crippen molar-refractivity contribution < 1.29 is 19.1 Å². The molecule has 0 bridgehead atoms. The number of carbonyl (C=O) groups excluding carboxylic acids is 2. The molecule has 0 aromatic carbocycles. The zero-order valence-corrected chi connectivity index (χ0v) is 9.77. The summed E-state index contributed by atoms with van der Waals surface area (Å²) in [5.41, 5.74) is 10.2. The monoisotopic (exact) mass is 232 g/mol. The van der Waals surface area contributed by atoms with Crippen molar-refractivity contribution in [3.05, 3.63) is 0 Å². The average Bonchev–Trinajstić information content (AvgIpc) is 2.16. The third-order valence-electron chi connectivity index (χ3n) is 2.03. The minimum atomic E-state index is -0.638. The topological polar surface area (TPSA) is 105 Å². The number of rotatable bonds is 9. The average molecular weight is 232 g/mol. The Morgan fingerprint density at radius 3 is 1.94 bits per heavy atom. The van der Waals surface area contributed by atoms with Gasteiger partial charge < -0.3 is 20.9 Å². The summed E-state index contributed by atoms with van der Waals surface area (Å²) in [6.07, 6.45) is -0.349. The van der Waals surface area contributed by atoms with Gasteiger partial charge in [0.15, 0.2) is 6.29 Å². The van der Waals surface area contributed by atoms with Crippen LogP contribution >= 0.6 is 0 Å². The molecule has 1 atom stereocenters. The van der Waals surface area contributed by atoms with Gasteiger partial charge in [0.25, 0.3) is 0 Å². The van der Waals surface area contributed by atoms with E-state index in [0.29, 0.717) is 13.2 Å². The molecule has 1 unspecified atom stereocenters. The highest BCUT2D eigenvalue weighted by Gasteiger charge is 2.23. The van der Waals surface area contributed by atoms with Crippen LogP contribution in [0.5, 0.6) is 0 Å². The van der Waals surface area contributed by atoms with Crippen molar-refractivity contribution in [2.45, 2.75) is 33.0 Å². The van der Waals surface area contributed by atoms with Gasteiger partial charge >= 0.3 is 0 Å². The Morgan fingerprint density at radius 2 is 1.62 bits per heavy atom. The van der Waals surface area contributed by atoms with Crippen molar-refractivity contribution in [3.63, 3.8) is 0 Å². The summed E-state index contributed by atoms with van der Waals surface area (Å²) in [6, 6.07) is 0. The molecule has 0 rings (SSSR count). The molecule has 0 aromatic heterocycles. The van der Waals surface area contributed by atoms with E-state index in [9.17, 15) is 9.59 Å². The molecule has 94 valence electrons. The van der Waals surface area contributed by atoms with Gasteiger partial charge in [-0.3, -0.25) is 9.59 Å². The van der Waals surface area contributed by atoms with E-state index in [4.69, 9.17) is 20.9 Å². The molecule has 0 aliphatic heterocycles. The maximum Gasteiger partial charge on any atom is 0.221 e. The molecular weight excluding hydrogens is 212 g/mol. The molecule has 0 spiro atoms. The van der Waals surface area contributed by atoms with Gasteiger partial charge in [0.05, 0.1) is 5.92 Å². The zero-order valence-electron chi connectivity index (χ0n) is 9.77. The van der Waals surface area contributed by atoms with Crippen LogP contribution in [0.1, 0.15) is 26.7 Å². The lowest BCUT2D eigenvalue weighted by Crippen LogP contribution is -2.32. The van der Waals surface area contributed by atoms with Crippen LogP contribution in [0.4, 0.5) is 0 Å². The van der Waals surface area contributed by atoms with Crippen molar-refractivity contribution in [1.82, 2.24) is 0 Å². The van der Waals surface area contributed by atoms with Crippen LogP contribution in [0.25, 0.3) is 0 Å². The lowest BCUT2D eigenvalue weighted by molar-refractivity contribution is -0.153. The fourth-order valence-electron chi connectivity index (χ4n) is 1.33. The van der Waals surface area contributed by atoms with Gasteiger partial charge in [-0.2, -0.15) is 0 Å². The lowest BCUT2D eigenvalue weighted by atomic mass is 10.00. The minimum Gasteiger partial charge on any atom is -0.370 e. The fraction of sp³-hybridized carbons (Fsp3) is 0.800. The molecular formula is C10H20N2O4. The fourth-order valence-corrected chi connectivity index (χ4v) is 1.33. The van der Waals surface area contributed by atoms with Crippen molar-refractivity contribution in [1.29, 1.82) is 0 Å². The Labute approximate surface area is 95.3 Å². The zero-order chi connectivity index (χ0) is 12.6. The second-order valence-electron chi connectivity index (χ2n) is 3.35. The van der Waals surface area contributed by atoms with Crippen molar-refractivity contribution in [2.24, 2.45) is 17.4 Å². The number of amides is 2. The van der Waals surface area contributed by atoms with Gasteiger partial charge in [0.1, 0.15) is 0 Å². The summed E-state index contributed by atoms with van der Waals surface area (Å²) >= 11 is 0. The molecule has 0 aliphatic rings. The van der Waals surface area contributed by atoms with E-state index in [1.54, 1.807) is 0 Å². The first-order valence-electron chi connectivity index (χ1n) is 5.32. The summed E-state index contributed by atoms with van der Waals surface area (Å²) < 4.78 is 10.5. The van der Waals surface area contributed by atoms with Gasteiger partial charge in [-0.05, 0) is 13.8 Å². The molecule has 6 nitrogen and oxygen atoms in total. The van der Waals surface area contributed by atoms with Gasteiger partial charge in [0.2, 0.25) is 11.8 Å². The van der Waals surface area contributed by atoms with Crippen LogP contribution < -0.4 is 11.5 Å². The maximum atomic E-state index is 11.1. The third kappa shape index (κ3) is 6.36.